The number of alkyl halides is 3. The molecule has 9 nitrogen and oxygen atoms in total. The third kappa shape index (κ3) is 5.22. The van der Waals surface area contributed by atoms with Crippen LogP contribution in [-0.2, 0) is 10.9 Å². The molecule has 0 unspecified atom stereocenters. The van der Waals surface area contributed by atoms with Gasteiger partial charge in [-0.1, -0.05) is 6.07 Å². The number of nitrogens with one attached hydrogen (secondary N) is 1. The first-order valence-corrected chi connectivity index (χ1v) is 13.2. The van der Waals surface area contributed by atoms with Crippen molar-refractivity contribution in [2.75, 3.05) is 43.1 Å². The van der Waals surface area contributed by atoms with Crippen LogP contribution in [0.3, 0.4) is 0 Å². The first kappa shape index (κ1) is 25.8. The van der Waals surface area contributed by atoms with Gasteiger partial charge in [0.25, 0.3) is 5.91 Å². The highest BCUT2D eigenvalue weighted by Crippen LogP contribution is 2.36. The molecule has 1 saturated carbocycles. The normalized spacial score (nSPS) is 20.9. The summed E-state index contributed by atoms with van der Waals surface area (Å²) in [4.78, 5) is 25.6. The van der Waals surface area contributed by atoms with E-state index in [0.29, 0.717) is 49.8 Å². The number of pyridine rings is 2. The lowest BCUT2D eigenvalue weighted by Gasteiger charge is -2.47. The molecule has 1 atom stereocenters. The molecule has 6 rings (SSSR count). The van der Waals surface area contributed by atoms with Crippen molar-refractivity contribution in [2.24, 2.45) is 0 Å². The highest BCUT2D eigenvalue weighted by atomic mass is 19.4. The maximum atomic E-state index is 13.8. The highest BCUT2D eigenvalue weighted by molar-refractivity contribution is 6.03. The van der Waals surface area contributed by atoms with E-state index in [1.807, 2.05) is 15.8 Å². The fourth-order valence-electron chi connectivity index (χ4n) is 5.34. The largest absolute Gasteiger partial charge is 0.435 e. The zero-order chi connectivity index (χ0) is 27.1. The Balaban J connectivity index is 1.21. The summed E-state index contributed by atoms with van der Waals surface area (Å²) in [7, 11) is 0. The van der Waals surface area contributed by atoms with E-state index >= 15 is 0 Å². The summed E-state index contributed by atoms with van der Waals surface area (Å²) >= 11 is 0. The fourth-order valence-corrected chi connectivity index (χ4v) is 5.34. The van der Waals surface area contributed by atoms with Gasteiger partial charge in [0.15, 0.2) is 5.69 Å². The first-order valence-electron chi connectivity index (χ1n) is 13.2. The molecular weight excluding hydrogens is 511 g/mol. The molecule has 0 bridgehead atoms. The average Bonchev–Trinajstić information content (AvgIpc) is 3.32. The molecule has 2 saturated heterocycles. The molecule has 2 aliphatic heterocycles. The van der Waals surface area contributed by atoms with Crippen molar-refractivity contribution in [3.63, 3.8) is 0 Å². The van der Waals surface area contributed by atoms with Crippen LogP contribution >= 0.6 is 0 Å². The highest BCUT2D eigenvalue weighted by Gasteiger charge is 2.38. The van der Waals surface area contributed by atoms with Gasteiger partial charge in [0, 0.05) is 37.4 Å². The predicted molar refractivity (Wildman–Crippen MR) is 139 cm³/mol. The minimum absolute atomic E-state index is 0.00683. The minimum atomic E-state index is -4.73. The van der Waals surface area contributed by atoms with Crippen LogP contribution in [0, 0.1) is 0 Å². The van der Waals surface area contributed by atoms with Crippen molar-refractivity contribution in [1.82, 2.24) is 24.6 Å². The Labute approximate surface area is 224 Å². The molecule has 0 spiro atoms. The molecule has 12 heteroatoms. The molecule has 206 valence electrons. The van der Waals surface area contributed by atoms with Gasteiger partial charge >= 0.3 is 6.18 Å². The van der Waals surface area contributed by atoms with Crippen molar-refractivity contribution in [3.05, 3.63) is 54.2 Å². The van der Waals surface area contributed by atoms with Crippen LogP contribution in [-0.4, -0.2) is 75.5 Å². The monoisotopic (exact) mass is 541 g/mol. The summed E-state index contributed by atoms with van der Waals surface area (Å²) in [5.41, 5.74) is 0.276. The Morgan fingerprint density at radius 1 is 1.13 bits per heavy atom. The molecule has 5 heterocycles. The first-order chi connectivity index (χ1) is 18.8. The van der Waals surface area contributed by atoms with Gasteiger partial charge in [0.05, 0.1) is 54.8 Å². The van der Waals surface area contributed by atoms with Gasteiger partial charge in [-0.25, -0.2) is 9.97 Å². The van der Waals surface area contributed by atoms with E-state index in [4.69, 9.17) is 4.74 Å². The Kier molecular flexibility index (Phi) is 6.76. The van der Waals surface area contributed by atoms with Crippen molar-refractivity contribution in [1.29, 1.82) is 0 Å². The molecule has 39 heavy (non-hydrogen) atoms. The summed E-state index contributed by atoms with van der Waals surface area (Å²) in [6.07, 6.45) is 3.41. The smallest absolute Gasteiger partial charge is 0.378 e. The molecule has 1 aliphatic carbocycles. The Morgan fingerprint density at radius 3 is 2.62 bits per heavy atom. The van der Waals surface area contributed by atoms with Crippen molar-refractivity contribution < 1.29 is 22.7 Å². The summed E-state index contributed by atoms with van der Waals surface area (Å²) < 4.78 is 48.7. The van der Waals surface area contributed by atoms with Gasteiger partial charge in [-0.2, -0.15) is 18.3 Å². The van der Waals surface area contributed by atoms with Crippen LogP contribution in [0.1, 0.15) is 48.4 Å². The summed E-state index contributed by atoms with van der Waals surface area (Å²) in [5.74, 6) is -0.740. The lowest BCUT2D eigenvalue weighted by Crippen LogP contribution is -2.60. The number of piperazine rings is 1. The summed E-state index contributed by atoms with van der Waals surface area (Å²) in [6.45, 7) is 5.56. The van der Waals surface area contributed by atoms with Gasteiger partial charge < -0.3 is 15.0 Å². The van der Waals surface area contributed by atoms with Crippen LogP contribution in [0.4, 0.5) is 24.5 Å². The van der Waals surface area contributed by atoms with E-state index in [0.717, 1.165) is 24.9 Å². The number of carbonyl (C=O) groups is 1. The number of hydrogen-bond donors (Lipinski definition) is 1. The van der Waals surface area contributed by atoms with E-state index in [9.17, 15) is 18.0 Å². The second-order valence-electron chi connectivity index (χ2n) is 10.5. The number of aromatic nitrogens is 4. The van der Waals surface area contributed by atoms with Crippen LogP contribution in [0.25, 0.3) is 11.3 Å². The summed E-state index contributed by atoms with van der Waals surface area (Å²) in [6, 6.07) is 7.21. The van der Waals surface area contributed by atoms with Crippen molar-refractivity contribution in [3.8, 4) is 11.3 Å². The number of amides is 1. The standard InChI is InChI=1S/C27H30F3N7O2/c1-17-13-35(8-9-36(17)21-15-39-16-21)20-10-24(25(31-12-20)27(28,29)30)34-26(38)23-7-3-6-22(33-23)18-11-32-37(14-18)19-4-2-5-19/h3,6-7,10-12,14,17,19,21H,2,4-5,8-9,13,15-16H2,1H3,(H,34,38)/t17-/m0/s1. The zero-order valence-corrected chi connectivity index (χ0v) is 21.6. The van der Waals surface area contributed by atoms with Crippen molar-refractivity contribution >= 4 is 17.3 Å². The lowest BCUT2D eigenvalue weighted by molar-refractivity contribution is -0.140. The van der Waals surface area contributed by atoms with E-state index < -0.39 is 23.5 Å². The Hall–Kier alpha value is -3.51. The molecular formula is C27H30F3N7O2. The third-order valence-electron chi connectivity index (χ3n) is 7.85. The number of carbonyl (C=O) groups excluding carboxylic acids is 1. The van der Waals surface area contributed by atoms with Crippen LogP contribution < -0.4 is 10.2 Å². The number of hydrogen-bond acceptors (Lipinski definition) is 7. The number of ether oxygens (including phenoxy) is 1. The molecule has 0 radical (unpaired) electrons. The molecule has 3 aromatic rings. The number of nitrogens with zero attached hydrogens (tertiary/aromatic N) is 6. The average molecular weight is 542 g/mol. The molecule has 3 fully saturated rings. The van der Waals surface area contributed by atoms with Crippen LogP contribution in [0.15, 0.2) is 42.9 Å². The topological polar surface area (TPSA) is 88.4 Å². The lowest BCUT2D eigenvalue weighted by atomic mass is 9.93. The molecule has 1 amide bonds. The minimum Gasteiger partial charge on any atom is -0.378 e. The van der Waals surface area contributed by atoms with Crippen LogP contribution in [0.2, 0.25) is 0 Å². The van der Waals surface area contributed by atoms with Gasteiger partial charge in [-0.05, 0) is 44.4 Å². The predicted octanol–water partition coefficient (Wildman–Crippen LogP) is 4.25. The number of anilines is 2. The second-order valence-corrected chi connectivity index (χ2v) is 10.5. The van der Waals surface area contributed by atoms with Crippen LogP contribution in [0.5, 0.6) is 0 Å². The van der Waals surface area contributed by atoms with E-state index in [1.165, 1.54) is 24.8 Å². The van der Waals surface area contributed by atoms with Gasteiger partial charge in [-0.15, -0.1) is 0 Å². The van der Waals surface area contributed by atoms with Gasteiger partial charge in [0.2, 0.25) is 0 Å². The Morgan fingerprint density at radius 2 is 1.95 bits per heavy atom. The third-order valence-corrected chi connectivity index (χ3v) is 7.85. The van der Waals surface area contributed by atoms with E-state index in [-0.39, 0.29) is 11.7 Å². The van der Waals surface area contributed by atoms with Gasteiger partial charge in [-0.3, -0.25) is 14.4 Å². The number of halogens is 3. The van der Waals surface area contributed by atoms with Gasteiger partial charge in [0.1, 0.15) is 5.69 Å². The molecule has 1 N–H and O–H groups in total. The maximum Gasteiger partial charge on any atom is 0.435 e. The fraction of sp³-hybridized carbons (Fsp3) is 0.481. The molecule has 0 aromatic carbocycles. The number of rotatable bonds is 6. The Bertz CT molecular complexity index is 1350. The second kappa shape index (κ2) is 10.2. The van der Waals surface area contributed by atoms with Crippen molar-refractivity contribution in [2.45, 2.75) is 50.5 Å². The quantitative estimate of drug-likeness (QED) is 0.499. The van der Waals surface area contributed by atoms with E-state index in [2.05, 4.69) is 32.2 Å². The summed E-state index contributed by atoms with van der Waals surface area (Å²) in [5, 5.41) is 6.84. The molecule has 3 aliphatic rings. The SMILES string of the molecule is C[C@H]1CN(c2cnc(C(F)(F)F)c(NC(=O)c3cccc(-c4cnn(C5CCC5)c4)n3)c2)CCN1C1COC1. The molecule has 3 aromatic heterocycles. The maximum absolute atomic E-state index is 13.8. The zero-order valence-electron chi connectivity index (χ0n) is 21.6. The van der Waals surface area contributed by atoms with E-state index in [1.54, 1.807) is 18.3 Å².